The number of carbonyl (C=O) groups excluding carboxylic acids is 1. The summed E-state index contributed by atoms with van der Waals surface area (Å²) in [6.45, 7) is 10.8. The van der Waals surface area contributed by atoms with Gasteiger partial charge in [-0.15, -0.1) is 11.3 Å². The zero-order valence-corrected chi connectivity index (χ0v) is 20.0. The third-order valence-electron chi connectivity index (χ3n) is 5.80. The van der Waals surface area contributed by atoms with Crippen molar-refractivity contribution in [1.29, 1.82) is 0 Å². The normalized spacial score (nSPS) is 15.1. The van der Waals surface area contributed by atoms with Gasteiger partial charge in [0.1, 0.15) is 27.1 Å². The second-order valence-corrected chi connectivity index (χ2v) is 9.02. The highest BCUT2D eigenvalue weighted by Gasteiger charge is 2.25. The van der Waals surface area contributed by atoms with Crippen LogP contribution in [0, 0.1) is 13.8 Å². The molecule has 1 aromatic carbocycles. The maximum absolute atomic E-state index is 12.4. The number of hydrogen-bond donors (Lipinski definition) is 0. The van der Waals surface area contributed by atoms with Crippen LogP contribution in [0.4, 0.5) is 5.82 Å². The molecule has 0 amide bonds. The maximum atomic E-state index is 12.4. The van der Waals surface area contributed by atoms with Crippen LogP contribution in [0.3, 0.4) is 0 Å². The Bertz CT molecular complexity index is 1100. The first-order valence-corrected chi connectivity index (χ1v) is 11.9. The minimum atomic E-state index is -0.280. The van der Waals surface area contributed by atoms with Gasteiger partial charge in [-0.2, -0.15) is 0 Å². The van der Waals surface area contributed by atoms with Crippen molar-refractivity contribution in [1.82, 2.24) is 14.9 Å². The van der Waals surface area contributed by atoms with Crippen molar-refractivity contribution in [3.63, 3.8) is 0 Å². The summed E-state index contributed by atoms with van der Waals surface area (Å²) in [4.78, 5) is 28.2. The average Bonchev–Trinajstić information content (AvgIpc) is 2.95. The van der Waals surface area contributed by atoms with Gasteiger partial charge in [0.25, 0.3) is 0 Å². The van der Waals surface area contributed by atoms with E-state index in [0.29, 0.717) is 11.5 Å². The molecule has 0 spiro atoms. The molecule has 0 N–H and O–H groups in total. The van der Waals surface area contributed by atoms with E-state index in [1.807, 2.05) is 32.9 Å². The summed E-state index contributed by atoms with van der Waals surface area (Å²) >= 11 is 1.40. The first-order valence-electron chi connectivity index (χ1n) is 11.0. The van der Waals surface area contributed by atoms with Gasteiger partial charge in [-0.1, -0.05) is 12.1 Å². The molecule has 1 fully saturated rings. The van der Waals surface area contributed by atoms with E-state index in [9.17, 15) is 4.79 Å². The lowest BCUT2D eigenvalue weighted by molar-refractivity contribution is 0.0531. The van der Waals surface area contributed by atoms with Gasteiger partial charge < -0.3 is 14.4 Å². The van der Waals surface area contributed by atoms with E-state index in [0.717, 1.165) is 72.3 Å². The molecule has 0 aliphatic carbocycles. The Labute approximate surface area is 193 Å². The molecule has 1 aliphatic heterocycles. The number of nitrogens with zero attached hydrogens (tertiary/aromatic N) is 4. The predicted octanol–water partition coefficient (Wildman–Crippen LogP) is 4.21. The summed E-state index contributed by atoms with van der Waals surface area (Å²) in [5, 5.41) is 0.979. The molecule has 3 heterocycles. The zero-order chi connectivity index (χ0) is 22.7. The van der Waals surface area contributed by atoms with Crippen molar-refractivity contribution in [3.05, 3.63) is 46.1 Å². The summed E-state index contributed by atoms with van der Waals surface area (Å²) in [7, 11) is 1.69. The van der Waals surface area contributed by atoms with E-state index in [1.165, 1.54) is 16.9 Å². The number of anilines is 1. The van der Waals surface area contributed by atoms with Crippen LogP contribution in [0.2, 0.25) is 0 Å². The molecule has 0 radical (unpaired) electrons. The van der Waals surface area contributed by atoms with Crippen LogP contribution < -0.4 is 9.64 Å². The zero-order valence-electron chi connectivity index (χ0n) is 19.2. The Kier molecular flexibility index (Phi) is 6.91. The van der Waals surface area contributed by atoms with Gasteiger partial charge in [-0.05, 0) is 50.5 Å². The number of esters is 1. The third kappa shape index (κ3) is 4.71. The monoisotopic (exact) mass is 454 g/mol. The molecule has 0 bridgehead atoms. The van der Waals surface area contributed by atoms with E-state index in [-0.39, 0.29) is 5.97 Å². The van der Waals surface area contributed by atoms with Crippen molar-refractivity contribution in [2.75, 3.05) is 44.8 Å². The first kappa shape index (κ1) is 22.5. The van der Waals surface area contributed by atoms with Crippen LogP contribution >= 0.6 is 11.3 Å². The Hall–Kier alpha value is -2.71. The number of aryl methyl sites for hydroxylation is 2. The quantitative estimate of drug-likeness (QED) is 0.517. The fraction of sp³-hybridized carbons (Fsp3) is 0.458. The SMILES string of the molecule is CCOC(=O)c1sc2nc(C)nc(N3CCCN(Cc4ccc(OC)cc4)CC3)c2c1C. The number of methoxy groups -OCH3 is 1. The topological polar surface area (TPSA) is 67.8 Å². The molecule has 1 saturated heterocycles. The van der Waals surface area contributed by atoms with Crippen LogP contribution in [0.1, 0.15) is 40.0 Å². The highest BCUT2D eigenvalue weighted by molar-refractivity contribution is 7.20. The van der Waals surface area contributed by atoms with E-state index >= 15 is 0 Å². The van der Waals surface area contributed by atoms with Gasteiger partial charge in [0.15, 0.2) is 0 Å². The first-order chi connectivity index (χ1) is 15.5. The largest absolute Gasteiger partial charge is 0.497 e. The number of benzene rings is 1. The van der Waals surface area contributed by atoms with Gasteiger partial charge in [0, 0.05) is 32.7 Å². The predicted molar refractivity (Wildman–Crippen MR) is 128 cm³/mol. The molecule has 0 unspecified atom stereocenters. The molecule has 170 valence electrons. The fourth-order valence-electron chi connectivity index (χ4n) is 4.17. The molecule has 0 saturated carbocycles. The van der Waals surface area contributed by atoms with E-state index in [2.05, 4.69) is 26.9 Å². The molecule has 8 heteroatoms. The smallest absolute Gasteiger partial charge is 0.348 e. The van der Waals surface area contributed by atoms with Gasteiger partial charge in [0.05, 0.1) is 19.1 Å². The minimum absolute atomic E-state index is 0.280. The number of hydrogen-bond acceptors (Lipinski definition) is 8. The third-order valence-corrected chi connectivity index (χ3v) is 6.96. The van der Waals surface area contributed by atoms with Gasteiger partial charge in [0.2, 0.25) is 0 Å². The number of fused-ring (bicyclic) bond motifs is 1. The highest BCUT2D eigenvalue weighted by Crippen LogP contribution is 2.36. The van der Waals surface area contributed by atoms with E-state index in [1.54, 1.807) is 7.11 Å². The fourth-order valence-corrected chi connectivity index (χ4v) is 5.29. The molecular weight excluding hydrogens is 424 g/mol. The Morgan fingerprint density at radius 2 is 1.88 bits per heavy atom. The van der Waals surface area contributed by atoms with Crippen LogP contribution in [0.5, 0.6) is 5.75 Å². The van der Waals surface area contributed by atoms with Crippen molar-refractivity contribution >= 4 is 33.3 Å². The molecule has 1 aliphatic rings. The van der Waals surface area contributed by atoms with Gasteiger partial charge >= 0.3 is 5.97 Å². The van der Waals surface area contributed by atoms with Crippen LogP contribution in [-0.4, -0.2) is 60.7 Å². The lowest BCUT2D eigenvalue weighted by Crippen LogP contribution is -2.31. The van der Waals surface area contributed by atoms with Crippen LogP contribution in [-0.2, 0) is 11.3 Å². The minimum Gasteiger partial charge on any atom is -0.497 e. The average molecular weight is 455 g/mol. The van der Waals surface area contributed by atoms with Crippen molar-refractivity contribution < 1.29 is 14.3 Å². The second kappa shape index (κ2) is 9.83. The number of ether oxygens (including phenoxy) is 2. The Balaban J connectivity index is 1.55. The van der Waals surface area contributed by atoms with Crippen LogP contribution in [0.15, 0.2) is 24.3 Å². The Morgan fingerprint density at radius 3 is 2.59 bits per heavy atom. The molecule has 2 aromatic heterocycles. The summed E-state index contributed by atoms with van der Waals surface area (Å²) in [5.74, 6) is 2.26. The maximum Gasteiger partial charge on any atom is 0.348 e. The van der Waals surface area contributed by atoms with Gasteiger partial charge in [-0.25, -0.2) is 14.8 Å². The number of aromatic nitrogens is 2. The molecule has 32 heavy (non-hydrogen) atoms. The summed E-state index contributed by atoms with van der Waals surface area (Å²) in [6.07, 6.45) is 1.05. The lowest BCUT2D eigenvalue weighted by atomic mass is 10.2. The number of thiophene rings is 1. The van der Waals surface area contributed by atoms with E-state index < -0.39 is 0 Å². The molecular formula is C24H30N4O3S. The number of carbonyl (C=O) groups is 1. The van der Waals surface area contributed by atoms with Crippen LogP contribution in [0.25, 0.3) is 10.2 Å². The van der Waals surface area contributed by atoms with Gasteiger partial charge in [-0.3, -0.25) is 4.90 Å². The Morgan fingerprint density at radius 1 is 1.09 bits per heavy atom. The summed E-state index contributed by atoms with van der Waals surface area (Å²) in [6, 6.07) is 8.29. The molecule has 3 aromatic rings. The van der Waals surface area contributed by atoms with Crippen molar-refractivity contribution in [2.45, 2.75) is 33.7 Å². The lowest BCUT2D eigenvalue weighted by Gasteiger charge is -2.24. The standard InChI is InChI=1S/C24H30N4O3S/c1-5-31-24(29)21-16(2)20-22(25-17(3)26-23(20)32-21)28-12-6-11-27(13-14-28)15-18-7-9-19(30-4)10-8-18/h7-10H,5-6,11-15H2,1-4H3. The van der Waals surface area contributed by atoms with Crippen molar-refractivity contribution in [2.24, 2.45) is 0 Å². The van der Waals surface area contributed by atoms with Crippen molar-refractivity contribution in [3.8, 4) is 5.75 Å². The van der Waals surface area contributed by atoms with E-state index in [4.69, 9.17) is 14.5 Å². The highest BCUT2D eigenvalue weighted by atomic mass is 32.1. The summed E-state index contributed by atoms with van der Waals surface area (Å²) < 4.78 is 10.5. The molecule has 4 rings (SSSR count). The number of rotatable bonds is 6. The summed E-state index contributed by atoms with van der Waals surface area (Å²) in [5.41, 5.74) is 2.20. The molecule has 0 atom stereocenters. The second-order valence-electron chi connectivity index (χ2n) is 8.02. The molecule has 7 nitrogen and oxygen atoms in total.